The number of rotatable bonds is 9. The third-order valence-corrected chi connectivity index (χ3v) is 8.99. The zero-order valence-electron chi connectivity index (χ0n) is 26.6. The first-order chi connectivity index (χ1) is 20.3. The van der Waals surface area contributed by atoms with E-state index in [4.69, 9.17) is 25.8 Å². The summed E-state index contributed by atoms with van der Waals surface area (Å²) in [4.78, 5) is 30.4. The Morgan fingerprint density at radius 2 is 1.47 bits per heavy atom. The minimum Gasteiger partial charge on any atom is -0.490 e. The molecule has 0 unspecified atom stereocenters. The normalized spacial score (nSPS) is 19.9. The average Bonchev–Trinajstić information content (AvgIpc) is 2.91. The number of ketones is 2. The Balaban J connectivity index is 1.66. The predicted octanol–water partition coefficient (Wildman–Crippen LogP) is 7.96. The minimum atomic E-state index is -0.515. The van der Waals surface area contributed by atoms with Crippen molar-refractivity contribution in [2.24, 2.45) is 10.8 Å². The van der Waals surface area contributed by atoms with E-state index in [1.165, 1.54) is 5.56 Å². The fourth-order valence-electron chi connectivity index (χ4n) is 6.83. The first-order valence-corrected chi connectivity index (χ1v) is 15.7. The third-order valence-electron chi connectivity index (χ3n) is 8.71. The highest BCUT2D eigenvalue weighted by atomic mass is 35.5. The van der Waals surface area contributed by atoms with Crippen LogP contribution in [0.4, 0.5) is 0 Å². The van der Waals surface area contributed by atoms with E-state index in [1.54, 1.807) is 7.11 Å². The average molecular weight is 606 g/mol. The Labute approximate surface area is 261 Å². The highest BCUT2D eigenvalue weighted by Gasteiger charge is 2.49. The number of methoxy groups -OCH3 is 1. The van der Waals surface area contributed by atoms with Gasteiger partial charge in [0.2, 0.25) is 0 Å². The maximum absolute atomic E-state index is 14.1. The SMILES string of the molecule is CCOc1cc(C2C3=C(CC(C)(C)CC3=O)N(CCOC)C3=C2C(=O)CC(C)(C)C3)cc(Cl)c1OCc1ccc(C)cc1. The number of aryl methyl sites for hydroxylation is 1. The number of hydrogen-bond acceptors (Lipinski definition) is 6. The first kappa shape index (κ1) is 31.3. The van der Waals surface area contributed by atoms with Crippen LogP contribution in [0.1, 0.15) is 82.9 Å². The molecule has 2 aromatic rings. The van der Waals surface area contributed by atoms with E-state index in [0.717, 1.165) is 35.4 Å². The van der Waals surface area contributed by atoms with Gasteiger partial charge in [-0.05, 0) is 60.8 Å². The molecule has 2 aliphatic carbocycles. The van der Waals surface area contributed by atoms with Gasteiger partial charge in [0.25, 0.3) is 0 Å². The van der Waals surface area contributed by atoms with Crippen molar-refractivity contribution in [3.8, 4) is 11.5 Å². The number of halogens is 1. The van der Waals surface area contributed by atoms with Crippen molar-refractivity contribution in [3.63, 3.8) is 0 Å². The van der Waals surface area contributed by atoms with Crippen LogP contribution >= 0.6 is 11.6 Å². The van der Waals surface area contributed by atoms with Crippen molar-refractivity contribution in [1.82, 2.24) is 4.90 Å². The van der Waals surface area contributed by atoms with Crippen LogP contribution in [0.25, 0.3) is 0 Å². The number of Topliss-reactive ketones (excluding diaryl/α,β-unsaturated/α-hetero) is 2. The molecular weight excluding hydrogens is 562 g/mol. The molecule has 0 N–H and O–H groups in total. The summed E-state index contributed by atoms with van der Waals surface area (Å²) >= 11 is 6.96. The highest BCUT2D eigenvalue weighted by molar-refractivity contribution is 6.32. The van der Waals surface area contributed by atoms with Gasteiger partial charge in [0.1, 0.15) is 6.61 Å². The number of carbonyl (C=O) groups is 2. The quantitative estimate of drug-likeness (QED) is 0.289. The Hall–Kier alpha value is -3.09. The fourth-order valence-corrected chi connectivity index (χ4v) is 7.10. The molecular formula is C36H44ClNO5. The summed E-state index contributed by atoms with van der Waals surface area (Å²) in [6.07, 6.45) is 2.33. The molecule has 3 aliphatic rings. The number of nitrogens with zero attached hydrogens (tertiary/aromatic N) is 1. The second-order valence-electron chi connectivity index (χ2n) is 13.7. The summed E-state index contributed by atoms with van der Waals surface area (Å²) < 4.78 is 17.8. The van der Waals surface area contributed by atoms with Crippen molar-refractivity contribution >= 4 is 23.2 Å². The number of carbonyl (C=O) groups excluding carboxylic acids is 2. The number of hydrogen-bond donors (Lipinski definition) is 0. The Bertz CT molecular complexity index is 1430. The molecule has 7 heteroatoms. The van der Waals surface area contributed by atoms with Crippen molar-refractivity contribution in [3.05, 3.63) is 80.7 Å². The van der Waals surface area contributed by atoms with E-state index < -0.39 is 5.92 Å². The third kappa shape index (κ3) is 6.41. The molecule has 6 nitrogen and oxygen atoms in total. The summed E-state index contributed by atoms with van der Waals surface area (Å²) in [5.41, 5.74) is 6.00. The molecule has 0 aromatic heterocycles. The first-order valence-electron chi connectivity index (χ1n) is 15.3. The summed E-state index contributed by atoms with van der Waals surface area (Å²) in [5.74, 6) is 0.614. The van der Waals surface area contributed by atoms with E-state index in [0.29, 0.717) is 66.9 Å². The standard InChI is InChI=1S/C36H44ClNO5/c1-8-42-30-16-24(15-25(37)34(30)43-21-23-11-9-22(2)10-12-23)31-32-26(17-35(3,4)19-28(32)39)38(13-14-41-7)27-18-36(5,6)20-29(40)33(27)31/h9-12,15-16,31H,8,13-14,17-21H2,1-7H3. The largest absolute Gasteiger partial charge is 0.490 e. The van der Waals surface area contributed by atoms with Crippen molar-refractivity contribution in [1.29, 1.82) is 0 Å². The molecule has 1 heterocycles. The van der Waals surface area contributed by atoms with E-state index in [9.17, 15) is 9.59 Å². The molecule has 1 aliphatic heterocycles. The zero-order chi connectivity index (χ0) is 31.1. The van der Waals surface area contributed by atoms with E-state index in [2.05, 4.69) is 32.6 Å². The van der Waals surface area contributed by atoms with Crippen molar-refractivity contribution in [2.45, 2.75) is 79.8 Å². The Morgan fingerprint density at radius 3 is 2.00 bits per heavy atom. The maximum Gasteiger partial charge on any atom is 0.180 e. The maximum atomic E-state index is 14.1. The molecule has 0 radical (unpaired) electrons. The van der Waals surface area contributed by atoms with E-state index in [1.807, 2.05) is 50.2 Å². The van der Waals surface area contributed by atoms with Crippen molar-refractivity contribution < 1.29 is 23.8 Å². The molecule has 230 valence electrons. The second-order valence-corrected chi connectivity index (χ2v) is 14.1. The van der Waals surface area contributed by atoms with Gasteiger partial charge in [-0.15, -0.1) is 0 Å². The zero-order valence-corrected chi connectivity index (χ0v) is 27.3. The van der Waals surface area contributed by atoms with Crippen LogP contribution in [-0.2, 0) is 20.9 Å². The lowest BCUT2D eigenvalue weighted by molar-refractivity contribution is -0.119. The fraction of sp³-hybridized carbons (Fsp3) is 0.500. The Morgan fingerprint density at radius 1 is 0.884 bits per heavy atom. The highest BCUT2D eigenvalue weighted by Crippen LogP contribution is 2.55. The predicted molar refractivity (Wildman–Crippen MR) is 170 cm³/mol. The summed E-state index contributed by atoms with van der Waals surface area (Å²) in [7, 11) is 1.68. The number of benzene rings is 2. The summed E-state index contributed by atoms with van der Waals surface area (Å²) in [5, 5.41) is 0.395. The minimum absolute atomic E-state index is 0.0802. The lowest BCUT2D eigenvalue weighted by Crippen LogP contribution is -2.45. The molecule has 0 atom stereocenters. The van der Waals surface area contributed by atoms with Crippen LogP contribution in [-0.4, -0.2) is 43.3 Å². The van der Waals surface area contributed by atoms with Crippen LogP contribution in [0, 0.1) is 17.8 Å². The van der Waals surface area contributed by atoms with Gasteiger partial charge in [-0.1, -0.05) is 69.1 Å². The van der Waals surface area contributed by atoms with Crippen LogP contribution in [0.15, 0.2) is 58.9 Å². The van der Waals surface area contributed by atoms with Gasteiger partial charge in [-0.3, -0.25) is 9.59 Å². The molecule has 2 aromatic carbocycles. The molecule has 0 saturated carbocycles. The second kappa shape index (κ2) is 12.1. The number of ether oxygens (including phenoxy) is 3. The summed E-state index contributed by atoms with van der Waals surface area (Å²) in [6.45, 7) is 14.4. The molecule has 0 amide bonds. The number of allylic oxidation sites excluding steroid dienone is 4. The topological polar surface area (TPSA) is 65.1 Å². The van der Waals surface area contributed by atoms with Crippen LogP contribution in [0.2, 0.25) is 5.02 Å². The molecule has 0 fully saturated rings. The lowest BCUT2D eigenvalue weighted by atomic mass is 9.63. The molecule has 5 rings (SSSR count). The monoisotopic (exact) mass is 605 g/mol. The van der Waals surface area contributed by atoms with E-state index >= 15 is 0 Å². The molecule has 0 spiro atoms. The van der Waals surface area contributed by atoms with Crippen LogP contribution < -0.4 is 9.47 Å². The smallest absolute Gasteiger partial charge is 0.180 e. The van der Waals surface area contributed by atoms with Gasteiger partial charge in [0.15, 0.2) is 23.1 Å². The molecule has 0 bridgehead atoms. The lowest BCUT2D eigenvalue weighted by Gasteiger charge is -2.49. The van der Waals surface area contributed by atoms with Crippen LogP contribution in [0.5, 0.6) is 11.5 Å². The van der Waals surface area contributed by atoms with Crippen molar-refractivity contribution in [2.75, 3.05) is 26.9 Å². The van der Waals surface area contributed by atoms with Gasteiger partial charge in [-0.25, -0.2) is 0 Å². The van der Waals surface area contributed by atoms with Crippen LogP contribution in [0.3, 0.4) is 0 Å². The molecule has 43 heavy (non-hydrogen) atoms. The Kier molecular flexibility index (Phi) is 8.84. The molecule has 0 saturated heterocycles. The van der Waals surface area contributed by atoms with Gasteiger partial charge < -0.3 is 19.1 Å². The van der Waals surface area contributed by atoms with E-state index in [-0.39, 0.29) is 22.4 Å². The summed E-state index contributed by atoms with van der Waals surface area (Å²) in [6, 6.07) is 11.9. The van der Waals surface area contributed by atoms with Gasteiger partial charge in [0, 0.05) is 55.0 Å². The van der Waals surface area contributed by atoms with Gasteiger partial charge in [0.05, 0.1) is 18.2 Å². The van der Waals surface area contributed by atoms with Gasteiger partial charge >= 0.3 is 0 Å². The van der Waals surface area contributed by atoms with Gasteiger partial charge in [-0.2, -0.15) is 0 Å².